The van der Waals surface area contributed by atoms with Gasteiger partial charge in [-0.25, -0.2) is 36.4 Å². The van der Waals surface area contributed by atoms with Gasteiger partial charge in [0.1, 0.15) is 11.4 Å². The van der Waals surface area contributed by atoms with Crippen LogP contribution in [-0.2, 0) is 14.8 Å². The Morgan fingerprint density at radius 2 is 1.86 bits per heavy atom. The largest absolute Gasteiger partial charge is 0.453 e. The zero-order chi connectivity index (χ0) is 27.5. The second-order valence-corrected chi connectivity index (χ2v) is 10.2. The van der Waals surface area contributed by atoms with Crippen LogP contribution in [0.5, 0.6) is 0 Å². The van der Waals surface area contributed by atoms with Crippen molar-refractivity contribution in [2.75, 3.05) is 29.9 Å². The van der Waals surface area contributed by atoms with E-state index in [9.17, 15) is 22.0 Å². The number of sulfonamides is 1. The van der Waals surface area contributed by atoms with Crippen molar-refractivity contribution in [1.82, 2.24) is 25.1 Å². The summed E-state index contributed by atoms with van der Waals surface area (Å²) in [7, 11) is -2.88. The molecule has 1 amide bonds. The highest BCUT2D eigenvalue weighted by Crippen LogP contribution is 2.37. The number of rotatable bonds is 9. The fourth-order valence-corrected chi connectivity index (χ4v) is 3.79. The summed E-state index contributed by atoms with van der Waals surface area (Å²) in [6.45, 7) is 5.59. The molecule has 0 spiro atoms. The average Bonchev–Trinajstić information content (AvgIpc) is 3.28. The van der Waals surface area contributed by atoms with Gasteiger partial charge in [-0.3, -0.25) is 9.40 Å². The van der Waals surface area contributed by atoms with E-state index in [4.69, 9.17) is 0 Å². The number of carbonyl (C=O) groups excluding carboxylic acids is 1. The smallest absolute Gasteiger partial charge is 0.407 e. The second-order valence-electron chi connectivity index (χ2n) is 8.43. The molecule has 2 heterocycles. The number of nitrogens with zero attached hydrogens (tertiary/aromatic N) is 4. The van der Waals surface area contributed by atoms with Crippen LogP contribution in [0, 0.1) is 17.5 Å². The molecule has 3 rings (SSSR count). The second kappa shape index (κ2) is 11.0. The molecule has 0 saturated carbocycles. The lowest BCUT2D eigenvalue weighted by Gasteiger charge is -2.14. The van der Waals surface area contributed by atoms with E-state index in [-0.39, 0.29) is 41.5 Å². The molecule has 0 aliphatic rings. The van der Waals surface area contributed by atoms with Gasteiger partial charge in [-0.2, -0.15) is 5.10 Å². The molecule has 1 aromatic carbocycles. The molecule has 3 aromatic rings. The van der Waals surface area contributed by atoms with Crippen LogP contribution >= 0.6 is 0 Å². The summed E-state index contributed by atoms with van der Waals surface area (Å²) in [5.41, 5.74) is -1.18. The third-order valence-electron chi connectivity index (χ3n) is 5.01. The van der Waals surface area contributed by atoms with Crippen LogP contribution in [0.25, 0.3) is 22.5 Å². The normalized spacial score (nSPS) is 12.4. The Kier molecular flexibility index (Phi) is 8.25. The van der Waals surface area contributed by atoms with E-state index < -0.39 is 44.8 Å². The number of aromatic nitrogens is 4. The molecule has 0 radical (unpaired) electrons. The summed E-state index contributed by atoms with van der Waals surface area (Å²) >= 11 is 0. The monoisotopic (exact) mass is 541 g/mol. The highest BCUT2D eigenvalue weighted by Gasteiger charge is 2.26. The van der Waals surface area contributed by atoms with Gasteiger partial charge in [-0.05, 0) is 32.9 Å². The van der Waals surface area contributed by atoms with Gasteiger partial charge in [-0.1, -0.05) is 0 Å². The molecular formula is C22H26F3N7O4S. The molecule has 2 aromatic heterocycles. The fourth-order valence-electron chi connectivity index (χ4n) is 3.24. The van der Waals surface area contributed by atoms with Gasteiger partial charge >= 0.3 is 6.09 Å². The van der Waals surface area contributed by atoms with Crippen LogP contribution in [-0.4, -0.2) is 60.2 Å². The lowest BCUT2D eigenvalue weighted by molar-refractivity contribution is 0.168. The number of carbonyl (C=O) groups is 1. The number of alkyl carbamates (subject to hydrolysis) is 1. The van der Waals surface area contributed by atoms with Gasteiger partial charge in [-0.15, -0.1) is 0 Å². The van der Waals surface area contributed by atoms with Crippen molar-refractivity contribution < 1.29 is 31.1 Å². The maximum absolute atomic E-state index is 15.4. The van der Waals surface area contributed by atoms with Crippen molar-refractivity contribution in [2.45, 2.75) is 32.9 Å². The van der Waals surface area contributed by atoms with E-state index in [0.717, 1.165) is 0 Å². The molecule has 200 valence electrons. The standard InChI is InChI=1S/C22H26F3N7O4S/c1-11(2)32-10-14(16-6-7-26-21(29-16)27-9-12(3)28-22(33)36-4)19(30-32)13-8-15(23)18(25)20(17(13)24)31-37(5,34)35/h6-8,10-12,31H,9H2,1-5H3,(H,28,33)(H,26,27,29). The minimum absolute atomic E-state index is 0.0907. The molecule has 0 fully saturated rings. The summed E-state index contributed by atoms with van der Waals surface area (Å²) in [5, 5.41) is 9.88. The Morgan fingerprint density at radius 3 is 2.49 bits per heavy atom. The van der Waals surface area contributed by atoms with E-state index in [1.54, 1.807) is 17.8 Å². The first kappa shape index (κ1) is 27.7. The van der Waals surface area contributed by atoms with Crippen molar-refractivity contribution in [3.05, 3.63) is 42.0 Å². The Bertz CT molecular complexity index is 1410. The summed E-state index contributed by atoms with van der Waals surface area (Å²) in [6, 6.07) is 1.59. The first-order valence-corrected chi connectivity index (χ1v) is 12.9. The summed E-state index contributed by atoms with van der Waals surface area (Å²) in [6.07, 6.45) is 3.07. The molecule has 0 saturated heterocycles. The van der Waals surface area contributed by atoms with Crippen molar-refractivity contribution in [1.29, 1.82) is 0 Å². The lowest BCUT2D eigenvalue weighted by Crippen LogP contribution is -2.37. The number of anilines is 2. The zero-order valence-electron chi connectivity index (χ0n) is 20.6. The van der Waals surface area contributed by atoms with Crippen molar-refractivity contribution in [3.63, 3.8) is 0 Å². The molecule has 0 aliphatic carbocycles. The van der Waals surface area contributed by atoms with Crippen LogP contribution in [0.1, 0.15) is 26.8 Å². The molecule has 15 heteroatoms. The van der Waals surface area contributed by atoms with Crippen molar-refractivity contribution in [2.24, 2.45) is 0 Å². The van der Waals surface area contributed by atoms with Gasteiger partial charge in [0.05, 0.1) is 19.1 Å². The third kappa shape index (κ3) is 6.67. The van der Waals surface area contributed by atoms with Crippen LogP contribution in [0.3, 0.4) is 0 Å². The number of ether oxygens (including phenoxy) is 1. The maximum atomic E-state index is 15.4. The lowest BCUT2D eigenvalue weighted by atomic mass is 10.0. The zero-order valence-corrected chi connectivity index (χ0v) is 21.5. The van der Waals surface area contributed by atoms with Crippen molar-refractivity contribution >= 4 is 27.8 Å². The molecule has 0 bridgehead atoms. The van der Waals surface area contributed by atoms with E-state index in [1.807, 2.05) is 13.8 Å². The predicted octanol–water partition coefficient (Wildman–Crippen LogP) is 3.53. The van der Waals surface area contributed by atoms with Gasteiger partial charge < -0.3 is 15.4 Å². The first-order chi connectivity index (χ1) is 17.3. The van der Waals surface area contributed by atoms with Gasteiger partial charge in [0.2, 0.25) is 16.0 Å². The molecule has 1 atom stereocenters. The maximum Gasteiger partial charge on any atom is 0.407 e. The summed E-state index contributed by atoms with van der Waals surface area (Å²) < 4.78 is 75.1. The number of nitrogens with one attached hydrogen (secondary N) is 3. The minimum Gasteiger partial charge on any atom is -0.453 e. The Hall–Kier alpha value is -3.88. The van der Waals surface area contributed by atoms with Crippen LogP contribution in [0.15, 0.2) is 24.5 Å². The number of amides is 1. The third-order valence-corrected chi connectivity index (χ3v) is 5.58. The first-order valence-electron chi connectivity index (χ1n) is 11.0. The molecule has 3 N–H and O–H groups in total. The Morgan fingerprint density at radius 1 is 1.16 bits per heavy atom. The van der Waals surface area contributed by atoms with Crippen LogP contribution in [0.2, 0.25) is 0 Å². The summed E-state index contributed by atoms with van der Waals surface area (Å²) in [5.74, 6) is -4.32. The summed E-state index contributed by atoms with van der Waals surface area (Å²) in [4.78, 5) is 19.9. The van der Waals surface area contributed by atoms with E-state index in [2.05, 4.69) is 30.4 Å². The molecule has 37 heavy (non-hydrogen) atoms. The number of halogens is 3. The number of methoxy groups -OCH3 is 1. The number of hydrogen-bond acceptors (Lipinski definition) is 8. The van der Waals surface area contributed by atoms with Gasteiger partial charge in [0, 0.05) is 42.1 Å². The van der Waals surface area contributed by atoms with E-state index in [1.165, 1.54) is 24.1 Å². The highest BCUT2D eigenvalue weighted by atomic mass is 32.2. The Labute approximate surface area is 211 Å². The molecule has 11 nitrogen and oxygen atoms in total. The van der Waals surface area contributed by atoms with E-state index >= 15 is 4.39 Å². The van der Waals surface area contributed by atoms with Crippen LogP contribution < -0.4 is 15.4 Å². The Balaban J connectivity index is 2.07. The SMILES string of the molecule is COC(=O)NC(C)CNc1nccc(-c2cn(C(C)C)nc2-c2cc(F)c(F)c(NS(C)(=O)=O)c2F)n1. The molecule has 1 unspecified atom stereocenters. The fraction of sp³-hybridized carbons (Fsp3) is 0.364. The van der Waals surface area contributed by atoms with Gasteiger partial charge in [0.15, 0.2) is 17.5 Å². The van der Waals surface area contributed by atoms with Gasteiger partial charge in [0.25, 0.3) is 0 Å². The number of hydrogen-bond donors (Lipinski definition) is 3. The molecular weight excluding hydrogens is 515 g/mol. The topological polar surface area (TPSA) is 140 Å². The highest BCUT2D eigenvalue weighted by molar-refractivity contribution is 7.92. The quantitative estimate of drug-likeness (QED) is 0.350. The van der Waals surface area contributed by atoms with E-state index in [0.29, 0.717) is 12.3 Å². The number of benzene rings is 1. The average molecular weight is 542 g/mol. The molecule has 0 aliphatic heterocycles. The minimum atomic E-state index is -4.12. The van der Waals surface area contributed by atoms with Crippen LogP contribution in [0.4, 0.5) is 29.6 Å². The predicted molar refractivity (Wildman–Crippen MR) is 131 cm³/mol. The van der Waals surface area contributed by atoms with Crippen molar-refractivity contribution in [3.8, 4) is 22.5 Å².